The molecule has 8 heteroatoms. The molecular weight excluding hydrogens is 436 g/mol. The van der Waals surface area contributed by atoms with Gasteiger partial charge in [-0.25, -0.2) is 4.21 Å². The van der Waals surface area contributed by atoms with Crippen molar-refractivity contribution >= 4 is 28.7 Å². The largest absolute Gasteiger partial charge is 0.384 e. The second kappa shape index (κ2) is 10.9. The molecule has 3 aromatic rings. The SMILES string of the molecule is CC(C)N(Cc1cccc(C(=N)N)c1)C(=O)Cc1ccc(-c2ccccc2)c(NS(=O)O)c1. The van der Waals surface area contributed by atoms with Gasteiger partial charge in [0.05, 0.1) is 12.1 Å². The predicted octanol–water partition coefficient (Wildman–Crippen LogP) is 4.17. The van der Waals surface area contributed by atoms with Crippen LogP contribution in [0.25, 0.3) is 11.1 Å². The van der Waals surface area contributed by atoms with Crippen molar-refractivity contribution in [3.8, 4) is 11.1 Å². The molecule has 0 aliphatic carbocycles. The molecule has 0 aliphatic heterocycles. The first-order chi connectivity index (χ1) is 15.7. The van der Waals surface area contributed by atoms with Gasteiger partial charge in [-0.15, -0.1) is 0 Å². The zero-order chi connectivity index (χ0) is 24.0. The second-order valence-corrected chi connectivity index (χ2v) is 8.71. The molecule has 0 saturated carbocycles. The molecular formula is C25H28N4O3S. The number of amides is 1. The van der Waals surface area contributed by atoms with E-state index in [2.05, 4.69) is 4.72 Å². The molecule has 172 valence electrons. The van der Waals surface area contributed by atoms with Crippen LogP contribution in [-0.2, 0) is 29.0 Å². The lowest BCUT2D eigenvalue weighted by molar-refractivity contribution is -0.132. The number of hydrogen-bond acceptors (Lipinski definition) is 3. The van der Waals surface area contributed by atoms with Gasteiger partial charge in [0.15, 0.2) is 0 Å². The number of nitrogens with one attached hydrogen (secondary N) is 2. The molecule has 0 aliphatic rings. The van der Waals surface area contributed by atoms with Crippen molar-refractivity contribution in [2.75, 3.05) is 4.72 Å². The Kier molecular flexibility index (Phi) is 7.97. The summed E-state index contributed by atoms with van der Waals surface area (Å²) < 4.78 is 23.4. The average molecular weight is 465 g/mol. The highest BCUT2D eigenvalue weighted by Crippen LogP contribution is 2.29. The zero-order valence-electron chi connectivity index (χ0n) is 18.6. The molecule has 0 bridgehead atoms. The normalized spacial score (nSPS) is 11.8. The van der Waals surface area contributed by atoms with E-state index < -0.39 is 11.3 Å². The number of hydrogen-bond donors (Lipinski definition) is 4. The lowest BCUT2D eigenvalue weighted by atomic mass is 10.00. The summed E-state index contributed by atoms with van der Waals surface area (Å²) in [5.74, 6) is -0.0826. The summed E-state index contributed by atoms with van der Waals surface area (Å²) in [6.45, 7) is 4.30. The van der Waals surface area contributed by atoms with E-state index in [4.69, 9.17) is 11.1 Å². The minimum absolute atomic E-state index is 0.0147. The summed E-state index contributed by atoms with van der Waals surface area (Å²) in [7, 11) is 0. The van der Waals surface area contributed by atoms with Gasteiger partial charge in [-0.1, -0.05) is 60.7 Å². The maximum Gasteiger partial charge on any atom is 0.259 e. The van der Waals surface area contributed by atoms with Crippen molar-refractivity contribution in [1.29, 1.82) is 5.41 Å². The number of amidine groups is 1. The number of carbonyl (C=O) groups is 1. The quantitative estimate of drug-likeness (QED) is 0.216. The Bertz CT molecular complexity index is 1170. The Morgan fingerprint density at radius 2 is 1.79 bits per heavy atom. The van der Waals surface area contributed by atoms with Gasteiger partial charge in [-0.2, -0.15) is 0 Å². The van der Waals surface area contributed by atoms with Crippen LogP contribution in [0.5, 0.6) is 0 Å². The highest BCUT2D eigenvalue weighted by atomic mass is 32.2. The van der Waals surface area contributed by atoms with E-state index >= 15 is 0 Å². The van der Waals surface area contributed by atoms with Gasteiger partial charge in [-0.05, 0) is 42.7 Å². The molecule has 3 rings (SSSR count). The third kappa shape index (κ3) is 6.50. The number of anilines is 1. The zero-order valence-corrected chi connectivity index (χ0v) is 19.4. The summed E-state index contributed by atoms with van der Waals surface area (Å²) in [6.07, 6.45) is 0.145. The molecule has 33 heavy (non-hydrogen) atoms. The molecule has 0 heterocycles. The second-order valence-electron chi connectivity index (χ2n) is 8.00. The van der Waals surface area contributed by atoms with Crippen molar-refractivity contribution < 1.29 is 13.6 Å². The van der Waals surface area contributed by atoms with Crippen LogP contribution in [0.1, 0.15) is 30.5 Å². The molecule has 1 atom stereocenters. The van der Waals surface area contributed by atoms with Crippen LogP contribution >= 0.6 is 0 Å². The monoisotopic (exact) mass is 464 g/mol. The van der Waals surface area contributed by atoms with Gasteiger partial charge in [0.1, 0.15) is 5.84 Å². The number of rotatable bonds is 9. The number of nitrogens with two attached hydrogens (primary N) is 1. The molecule has 3 aromatic carbocycles. The van der Waals surface area contributed by atoms with Gasteiger partial charge < -0.3 is 10.6 Å². The summed E-state index contributed by atoms with van der Waals surface area (Å²) in [5.41, 5.74) is 10.00. The fourth-order valence-electron chi connectivity index (χ4n) is 3.62. The molecule has 1 amide bonds. The molecule has 0 saturated heterocycles. The van der Waals surface area contributed by atoms with Gasteiger partial charge in [0, 0.05) is 23.7 Å². The number of nitrogen functional groups attached to an aromatic ring is 1. The van der Waals surface area contributed by atoms with Crippen LogP contribution in [0.15, 0.2) is 72.8 Å². The molecule has 0 fully saturated rings. The first-order valence-corrected chi connectivity index (χ1v) is 11.6. The van der Waals surface area contributed by atoms with Crippen LogP contribution in [0.2, 0.25) is 0 Å². The smallest absolute Gasteiger partial charge is 0.259 e. The van der Waals surface area contributed by atoms with Gasteiger partial charge in [0.2, 0.25) is 5.91 Å². The molecule has 0 radical (unpaired) electrons. The molecule has 7 nitrogen and oxygen atoms in total. The standard InChI is InChI=1S/C25H28N4O3S/c1-17(2)29(16-19-7-6-10-21(13-19)25(26)27)24(30)15-18-11-12-22(20-8-4-3-5-9-20)23(14-18)28-33(31)32/h3-14,17,28H,15-16H2,1-2H3,(H3,26,27)(H,31,32). The van der Waals surface area contributed by atoms with Crippen LogP contribution in [0.3, 0.4) is 0 Å². The maximum atomic E-state index is 13.2. The van der Waals surface area contributed by atoms with Crippen LogP contribution in [0, 0.1) is 5.41 Å². The Morgan fingerprint density at radius 1 is 1.06 bits per heavy atom. The highest BCUT2D eigenvalue weighted by molar-refractivity contribution is 7.80. The molecule has 0 aromatic heterocycles. The first kappa shape index (κ1) is 24.2. The maximum absolute atomic E-state index is 13.2. The third-order valence-electron chi connectivity index (χ3n) is 5.26. The molecule has 5 N–H and O–H groups in total. The van der Waals surface area contributed by atoms with Crippen molar-refractivity contribution in [3.05, 3.63) is 89.5 Å². The van der Waals surface area contributed by atoms with E-state index in [0.717, 1.165) is 22.3 Å². The molecule has 0 spiro atoms. The fourth-order valence-corrected chi connectivity index (χ4v) is 3.98. The first-order valence-electron chi connectivity index (χ1n) is 10.5. The van der Waals surface area contributed by atoms with Crippen molar-refractivity contribution in [2.45, 2.75) is 32.9 Å². The number of nitrogens with zero attached hydrogens (tertiary/aromatic N) is 1. The average Bonchev–Trinajstić information content (AvgIpc) is 2.77. The van der Waals surface area contributed by atoms with Crippen LogP contribution in [-0.4, -0.2) is 31.4 Å². The Morgan fingerprint density at radius 3 is 2.42 bits per heavy atom. The van der Waals surface area contributed by atoms with Gasteiger partial charge in [-0.3, -0.25) is 19.5 Å². The number of benzene rings is 3. The van der Waals surface area contributed by atoms with Crippen molar-refractivity contribution in [3.63, 3.8) is 0 Å². The van der Waals surface area contributed by atoms with E-state index in [1.807, 2.05) is 74.5 Å². The fraction of sp³-hybridized carbons (Fsp3) is 0.200. The van der Waals surface area contributed by atoms with Gasteiger partial charge >= 0.3 is 0 Å². The summed E-state index contributed by atoms with van der Waals surface area (Å²) in [4.78, 5) is 15.0. The highest BCUT2D eigenvalue weighted by Gasteiger charge is 2.19. The Balaban J connectivity index is 1.84. The Labute approximate surface area is 196 Å². The summed E-state index contributed by atoms with van der Waals surface area (Å²) >= 11 is -2.24. The minimum Gasteiger partial charge on any atom is -0.384 e. The lowest BCUT2D eigenvalue weighted by Gasteiger charge is -2.27. The van der Waals surface area contributed by atoms with Crippen LogP contribution in [0.4, 0.5) is 5.69 Å². The topological polar surface area (TPSA) is 120 Å². The summed E-state index contributed by atoms with van der Waals surface area (Å²) in [6, 6.07) is 22.3. The third-order valence-corrected chi connectivity index (χ3v) is 5.65. The van der Waals surface area contributed by atoms with Gasteiger partial charge in [0.25, 0.3) is 11.3 Å². The lowest BCUT2D eigenvalue weighted by Crippen LogP contribution is -2.37. The minimum atomic E-state index is -2.24. The van der Waals surface area contributed by atoms with Crippen molar-refractivity contribution in [1.82, 2.24) is 4.90 Å². The van der Waals surface area contributed by atoms with E-state index in [0.29, 0.717) is 17.8 Å². The summed E-state index contributed by atoms with van der Waals surface area (Å²) in [5, 5.41) is 7.63. The number of carbonyl (C=O) groups excluding carboxylic acids is 1. The van der Waals surface area contributed by atoms with E-state index in [1.54, 1.807) is 17.0 Å². The van der Waals surface area contributed by atoms with Crippen LogP contribution < -0.4 is 10.5 Å². The Hall–Kier alpha value is -3.49. The predicted molar refractivity (Wildman–Crippen MR) is 133 cm³/mol. The van der Waals surface area contributed by atoms with E-state index in [9.17, 15) is 13.6 Å². The van der Waals surface area contributed by atoms with Crippen molar-refractivity contribution in [2.24, 2.45) is 5.73 Å². The molecule has 1 unspecified atom stereocenters. The van der Waals surface area contributed by atoms with E-state index in [-0.39, 0.29) is 24.2 Å². The van der Waals surface area contributed by atoms with E-state index in [1.165, 1.54) is 0 Å².